The molecule has 2 unspecified atom stereocenters. The van der Waals surface area contributed by atoms with Gasteiger partial charge in [-0.15, -0.1) is 11.3 Å². The SMILES string of the molecule is Cc1nc(NCC2CCC(C(N)=O)O2)c2c(CC(C)C)csc2n1. The molecule has 0 radical (unpaired) electrons. The molecule has 3 rings (SSSR count). The summed E-state index contributed by atoms with van der Waals surface area (Å²) in [5, 5.41) is 6.70. The predicted molar refractivity (Wildman–Crippen MR) is 96.3 cm³/mol. The van der Waals surface area contributed by atoms with Crippen molar-refractivity contribution in [3.63, 3.8) is 0 Å². The lowest BCUT2D eigenvalue weighted by Gasteiger charge is -2.15. The molecule has 0 aliphatic carbocycles. The minimum atomic E-state index is -0.457. The van der Waals surface area contributed by atoms with Crippen LogP contribution in [0.25, 0.3) is 10.2 Å². The van der Waals surface area contributed by atoms with Crippen molar-refractivity contribution in [3.05, 3.63) is 16.8 Å². The first-order valence-corrected chi connectivity index (χ1v) is 9.25. The molecule has 2 atom stereocenters. The molecule has 24 heavy (non-hydrogen) atoms. The van der Waals surface area contributed by atoms with Gasteiger partial charge in [-0.25, -0.2) is 9.97 Å². The zero-order valence-corrected chi connectivity index (χ0v) is 15.2. The molecule has 1 saturated heterocycles. The smallest absolute Gasteiger partial charge is 0.246 e. The van der Waals surface area contributed by atoms with E-state index in [2.05, 4.69) is 34.5 Å². The number of ether oxygens (including phenoxy) is 1. The lowest BCUT2D eigenvalue weighted by Crippen LogP contribution is -2.30. The number of fused-ring (bicyclic) bond motifs is 1. The number of aryl methyl sites for hydroxylation is 1. The summed E-state index contributed by atoms with van der Waals surface area (Å²) in [7, 11) is 0. The third kappa shape index (κ3) is 3.67. The lowest BCUT2D eigenvalue weighted by atomic mass is 10.0. The summed E-state index contributed by atoms with van der Waals surface area (Å²) < 4.78 is 5.69. The van der Waals surface area contributed by atoms with Gasteiger partial charge in [0.15, 0.2) is 0 Å². The van der Waals surface area contributed by atoms with Gasteiger partial charge in [-0.05, 0) is 43.0 Å². The van der Waals surface area contributed by atoms with E-state index >= 15 is 0 Å². The maximum Gasteiger partial charge on any atom is 0.246 e. The van der Waals surface area contributed by atoms with Crippen molar-refractivity contribution in [2.45, 2.75) is 52.2 Å². The van der Waals surface area contributed by atoms with Gasteiger partial charge in [0.25, 0.3) is 0 Å². The molecule has 1 amide bonds. The number of hydrogen-bond acceptors (Lipinski definition) is 6. The van der Waals surface area contributed by atoms with Crippen molar-refractivity contribution in [1.29, 1.82) is 0 Å². The van der Waals surface area contributed by atoms with Crippen LogP contribution in [0, 0.1) is 12.8 Å². The highest BCUT2D eigenvalue weighted by atomic mass is 32.1. The van der Waals surface area contributed by atoms with Crippen LogP contribution in [0.15, 0.2) is 5.38 Å². The second kappa shape index (κ2) is 7.03. The van der Waals surface area contributed by atoms with Gasteiger partial charge < -0.3 is 15.8 Å². The van der Waals surface area contributed by atoms with Gasteiger partial charge in [0.2, 0.25) is 5.91 Å². The van der Waals surface area contributed by atoms with E-state index in [9.17, 15) is 4.79 Å². The Morgan fingerprint density at radius 2 is 2.25 bits per heavy atom. The van der Waals surface area contributed by atoms with Crippen LogP contribution < -0.4 is 11.1 Å². The van der Waals surface area contributed by atoms with Crippen LogP contribution in [0.4, 0.5) is 5.82 Å². The van der Waals surface area contributed by atoms with Gasteiger partial charge in [0.1, 0.15) is 22.6 Å². The molecular formula is C17H24N4O2S. The fourth-order valence-electron chi connectivity index (χ4n) is 3.10. The van der Waals surface area contributed by atoms with E-state index in [1.165, 1.54) is 5.56 Å². The zero-order valence-electron chi connectivity index (χ0n) is 14.3. The third-order valence-corrected chi connectivity index (χ3v) is 5.09. The average Bonchev–Trinajstić information content (AvgIpc) is 3.11. The summed E-state index contributed by atoms with van der Waals surface area (Å²) in [6.07, 6.45) is 2.06. The van der Waals surface area contributed by atoms with Crippen LogP contribution in [0.3, 0.4) is 0 Å². The number of aromatic nitrogens is 2. The van der Waals surface area contributed by atoms with E-state index < -0.39 is 6.10 Å². The molecule has 0 spiro atoms. The average molecular weight is 348 g/mol. The first kappa shape index (κ1) is 17.1. The molecule has 3 heterocycles. The molecule has 0 bridgehead atoms. The van der Waals surface area contributed by atoms with Crippen LogP contribution in [0.5, 0.6) is 0 Å². The molecule has 2 aromatic heterocycles. The van der Waals surface area contributed by atoms with E-state index in [0.29, 0.717) is 18.9 Å². The number of primary amides is 1. The van der Waals surface area contributed by atoms with Crippen LogP contribution in [0.1, 0.15) is 38.1 Å². The summed E-state index contributed by atoms with van der Waals surface area (Å²) >= 11 is 1.66. The Balaban J connectivity index is 1.78. The first-order chi connectivity index (χ1) is 11.4. The number of nitrogens with one attached hydrogen (secondary N) is 1. The van der Waals surface area contributed by atoms with E-state index in [1.807, 2.05) is 6.92 Å². The number of hydrogen-bond donors (Lipinski definition) is 2. The highest BCUT2D eigenvalue weighted by Gasteiger charge is 2.29. The van der Waals surface area contributed by atoms with E-state index in [0.717, 1.165) is 34.7 Å². The summed E-state index contributed by atoms with van der Waals surface area (Å²) in [4.78, 5) is 21.4. The minimum absolute atomic E-state index is 0.0139. The predicted octanol–water partition coefficient (Wildman–Crippen LogP) is 2.64. The molecule has 0 aromatic carbocycles. The Labute approximate surface area is 145 Å². The Hall–Kier alpha value is -1.73. The molecule has 1 aliphatic heterocycles. The second-order valence-corrected chi connectivity index (χ2v) is 7.62. The minimum Gasteiger partial charge on any atom is -0.367 e. The molecule has 2 aromatic rings. The maximum absolute atomic E-state index is 11.2. The van der Waals surface area contributed by atoms with Gasteiger partial charge in [-0.1, -0.05) is 13.8 Å². The summed E-state index contributed by atoms with van der Waals surface area (Å²) in [6.45, 7) is 6.94. The topological polar surface area (TPSA) is 90.1 Å². The fourth-order valence-corrected chi connectivity index (χ4v) is 4.10. The number of rotatable bonds is 6. The van der Waals surface area contributed by atoms with Crippen molar-refractivity contribution in [2.75, 3.05) is 11.9 Å². The number of carbonyl (C=O) groups is 1. The molecular weight excluding hydrogens is 324 g/mol. The van der Waals surface area contributed by atoms with Crippen molar-refractivity contribution in [2.24, 2.45) is 11.7 Å². The second-order valence-electron chi connectivity index (χ2n) is 6.77. The molecule has 1 fully saturated rings. The van der Waals surface area contributed by atoms with E-state index in [-0.39, 0.29) is 12.0 Å². The standard InChI is InChI=1S/C17H24N4O2S/c1-9(2)6-11-8-24-17-14(11)16(20-10(3)21-17)19-7-12-4-5-13(23-12)15(18)22/h8-9,12-13H,4-7H2,1-3H3,(H2,18,22)(H,19,20,21). The van der Waals surface area contributed by atoms with Crippen molar-refractivity contribution < 1.29 is 9.53 Å². The number of thiophene rings is 1. The zero-order chi connectivity index (χ0) is 17.3. The van der Waals surface area contributed by atoms with Crippen molar-refractivity contribution in [3.8, 4) is 0 Å². The molecule has 7 heteroatoms. The quantitative estimate of drug-likeness (QED) is 0.837. The third-order valence-electron chi connectivity index (χ3n) is 4.17. The van der Waals surface area contributed by atoms with Gasteiger partial charge in [-0.2, -0.15) is 0 Å². The lowest BCUT2D eigenvalue weighted by molar-refractivity contribution is -0.128. The Morgan fingerprint density at radius 1 is 1.46 bits per heavy atom. The Bertz CT molecular complexity index is 744. The Kier molecular flexibility index (Phi) is 5.01. The number of carbonyl (C=O) groups excluding carboxylic acids is 1. The van der Waals surface area contributed by atoms with Gasteiger partial charge in [0.05, 0.1) is 11.5 Å². The van der Waals surface area contributed by atoms with Crippen LogP contribution in [-0.2, 0) is 16.0 Å². The first-order valence-electron chi connectivity index (χ1n) is 8.37. The number of nitrogens with two attached hydrogens (primary N) is 1. The number of anilines is 1. The normalized spacial score (nSPS) is 20.8. The monoisotopic (exact) mass is 348 g/mol. The van der Waals surface area contributed by atoms with Gasteiger partial charge >= 0.3 is 0 Å². The summed E-state index contributed by atoms with van der Waals surface area (Å²) in [6, 6.07) is 0. The van der Waals surface area contributed by atoms with Crippen LogP contribution in [-0.4, -0.2) is 34.6 Å². The maximum atomic E-state index is 11.2. The molecule has 130 valence electrons. The highest BCUT2D eigenvalue weighted by molar-refractivity contribution is 7.17. The van der Waals surface area contributed by atoms with Gasteiger partial charge in [-0.3, -0.25) is 4.79 Å². The summed E-state index contributed by atoms with van der Waals surface area (Å²) in [5.74, 6) is 1.81. The van der Waals surface area contributed by atoms with Crippen LogP contribution >= 0.6 is 11.3 Å². The van der Waals surface area contributed by atoms with Crippen molar-refractivity contribution >= 4 is 33.3 Å². The number of nitrogens with zero attached hydrogens (tertiary/aromatic N) is 2. The van der Waals surface area contributed by atoms with E-state index in [4.69, 9.17) is 10.5 Å². The molecule has 3 N–H and O–H groups in total. The number of amides is 1. The van der Waals surface area contributed by atoms with E-state index in [1.54, 1.807) is 11.3 Å². The molecule has 1 aliphatic rings. The summed E-state index contributed by atoms with van der Waals surface area (Å²) in [5.41, 5.74) is 6.60. The molecule has 0 saturated carbocycles. The van der Waals surface area contributed by atoms with Gasteiger partial charge in [0, 0.05) is 6.54 Å². The Morgan fingerprint density at radius 3 is 2.92 bits per heavy atom. The molecule has 6 nitrogen and oxygen atoms in total. The largest absolute Gasteiger partial charge is 0.367 e. The fraction of sp³-hybridized carbons (Fsp3) is 0.588. The highest BCUT2D eigenvalue weighted by Crippen LogP contribution is 2.32. The van der Waals surface area contributed by atoms with Crippen molar-refractivity contribution in [1.82, 2.24) is 9.97 Å². The van der Waals surface area contributed by atoms with Crippen LogP contribution in [0.2, 0.25) is 0 Å².